The Kier molecular flexibility index (Phi) is 5.25. The van der Waals surface area contributed by atoms with Crippen molar-refractivity contribution >= 4 is 15.9 Å². The molecule has 2 unspecified atom stereocenters. The molecule has 106 valence electrons. The zero-order chi connectivity index (χ0) is 13.8. The maximum atomic E-state index is 5.32. The Hall–Kier alpha value is -0.580. The molecule has 0 spiro atoms. The van der Waals surface area contributed by atoms with Crippen molar-refractivity contribution in [2.45, 2.75) is 18.9 Å². The summed E-state index contributed by atoms with van der Waals surface area (Å²) >= 11 is 3.59. The number of methoxy groups -OCH3 is 1. The quantitative estimate of drug-likeness (QED) is 0.920. The van der Waals surface area contributed by atoms with Crippen molar-refractivity contribution in [1.29, 1.82) is 0 Å². The number of hydrogen-bond donors (Lipinski definition) is 1. The predicted molar refractivity (Wildman–Crippen MR) is 82.7 cm³/mol. The van der Waals surface area contributed by atoms with Gasteiger partial charge in [0.15, 0.2) is 0 Å². The minimum Gasteiger partial charge on any atom is -0.496 e. The molecule has 1 aliphatic heterocycles. The summed E-state index contributed by atoms with van der Waals surface area (Å²) < 4.78 is 6.35. The van der Waals surface area contributed by atoms with E-state index in [9.17, 15) is 0 Å². The fraction of sp³-hybridized carbons (Fsp3) is 0.600. The first kappa shape index (κ1) is 14.8. The summed E-state index contributed by atoms with van der Waals surface area (Å²) in [6, 6.07) is 6.94. The van der Waals surface area contributed by atoms with Crippen LogP contribution >= 0.6 is 15.9 Å². The van der Waals surface area contributed by atoms with Gasteiger partial charge in [0.05, 0.1) is 11.6 Å². The number of nitrogens with zero attached hydrogens (tertiary/aromatic N) is 1. The summed E-state index contributed by atoms with van der Waals surface area (Å²) in [6.45, 7) is 2.24. The van der Waals surface area contributed by atoms with Crippen LogP contribution in [0.2, 0.25) is 0 Å². The van der Waals surface area contributed by atoms with Crippen molar-refractivity contribution in [1.82, 2.24) is 10.2 Å². The van der Waals surface area contributed by atoms with Crippen molar-refractivity contribution in [2.24, 2.45) is 5.92 Å². The highest BCUT2D eigenvalue weighted by Gasteiger charge is 2.30. The number of likely N-dealkylation sites (tertiary alicyclic amines) is 1. The lowest BCUT2D eigenvalue weighted by Crippen LogP contribution is -2.39. The third kappa shape index (κ3) is 3.30. The summed E-state index contributed by atoms with van der Waals surface area (Å²) in [5.74, 6) is 1.57. The second-order valence-corrected chi connectivity index (χ2v) is 6.13. The van der Waals surface area contributed by atoms with Gasteiger partial charge in [-0.15, -0.1) is 0 Å². The Morgan fingerprint density at radius 3 is 2.89 bits per heavy atom. The van der Waals surface area contributed by atoms with Crippen LogP contribution < -0.4 is 10.1 Å². The molecule has 0 aromatic heterocycles. The molecular formula is C15H23BrN2O. The summed E-state index contributed by atoms with van der Waals surface area (Å²) in [7, 11) is 5.97. The Bertz CT molecular complexity index is 423. The van der Waals surface area contributed by atoms with Gasteiger partial charge in [-0.25, -0.2) is 0 Å². The standard InChI is InChI=1S/C15H23BrN2O/c1-17-10-12-5-4-8-18(2)15(12)11-6-7-14(19-3)13(16)9-11/h6-7,9,12,15,17H,4-5,8,10H2,1-3H3. The van der Waals surface area contributed by atoms with Gasteiger partial charge in [-0.2, -0.15) is 0 Å². The van der Waals surface area contributed by atoms with Crippen LogP contribution in [0.1, 0.15) is 24.4 Å². The molecule has 1 aromatic carbocycles. The van der Waals surface area contributed by atoms with Gasteiger partial charge in [0.25, 0.3) is 0 Å². The largest absolute Gasteiger partial charge is 0.496 e. The highest BCUT2D eigenvalue weighted by atomic mass is 79.9. The van der Waals surface area contributed by atoms with E-state index >= 15 is 0 Å². The van der Waals surface area contributed by atoms with E-state index in [1.165, 1.54) is 24.9 Å². The molecule has 0 radical (unpaired) electrons. The normalized spacial score (nSPS) is 24.4. The molecule has 19 heavy (non-hydrogen) atoms. The average molecular weight is 327 g/mol. The van der Waals surface area contributed by atoms with E-state index in [1.807, 2.05) is 7.05 Å². The molecule has 0 bridgehead atoms. The second-order valence-electron chi connectivity index (χ2n) is 5.28. The maximum Gasteiger partial charge on any atom is 0.133 e. The van der Waals surface area contributed by atoms with Crippen molar-refractivity contribution in [3.63, 3.8) is 0 Å². The van der Waals surface area contributed by atoms with Crippen LogP contribution in [-0.2, 0) is 0 Å². The van der Waals surface area contributed by atoms with Gasteiger partial charge in [0.2, 0.25) is 0 Å². The van der Waals surface area contributed by atoms with Gasteiger partial charge < -0.3 is 10.1 Å². The van der Waals surface area contributed by atoms with Crippen LogP contribution in [-0.4, -0.2) is 39.2 Å². The Morgan fingerprint density at radius 2 is 2.26 bits per heavy atom. The number of benzene rings is 1. The number of halogens is 1. The number of ether oxygens (including phenoxy) is 1. The molecule has 0 aliphatic carbocycles. The van der Waals surface area contributed by atoms with E-state index in [0.29, 0.717) is 12.0 Å². The third-order valence-electron chi connectivity index (χ3n) is 3.99. The minimum atomic E-state index is 0.489. The monoisotopic (exact) mass is 326 g/mol. The first-order valence-corrected chi connectivity index (χ1v) is 7.65. The van der Waals surface area contributed by atoms with Crippen LogP contribution in [0.15, 0.2) is 22.7 Å². The first-order valence-electron chi connectivity index (χ1n) is 6.85. The van der Waals surface area contributed by atoms with E-state index in [1.54, 1.807) is 7.11 Å². The highest BCUT2D eigenvalue weighted by molar-refractivity contribution is 9.10. The molecule has 1 aromatic rings. The molecule has 2 atom stereocenters. The molecule has 1 N–H and O–H groups in total. The van der Waals surface area contributed by atoms with Crippen LogP contribution in [0.25, 0.3) is 0 Å². The smallest absolute Gasteiger partial charge is 0.133 e. The third-order valence-corrected chi connectivity index (χ3v) is 4.61. The Labute approximate surface area is 124 Å². The van der Waals surface area contributed by atoms with Crippen molar-refractivity contribution in [3.05, 3.63) is 28.2 Å². The lowest BCUT2D eigenvalue weighted by molar-refractivity contribution is 0.121. The lowest BCUT2D eigenvalue weighted by atomic mass is 9.85. The summed E-state index contributed by atoms with van der Waals surface area (Å²) in [4.78, 5) is 2.47. The second kappa shape index (κ2) is 6.73. The fourth-order valence-corrected chi connectivity index (χ4v) is 3.69. The van der Waals surface area contributed by atoms with Crippen molar-refractivity contribution < 1.29 is 4.74 Å². The lowest BCUT2D eigenvalue weighted by Gasteiger charge is -2.39. The van der Waals surface area contributed by atoms with Crippen LogP contribution in [0.3, 0.4) is 0 Å². The van der Waals surface area contributed by atoms with E-state index < -0.39 is 0 Å². The summed E-state index contributed by atoms with van der Waals surface area (Å²) in [5, 5.41) is 3.33. The Balaban J connectivity index is 2.27. The number of hydrogen-bond acceptors (Lipinski definition) is 3. The SMILES string of the molecule is CNCC1CCCN(C)C1c1ccc(OC)c(Br)c1. The van der Waals surface area contributed by atoms with E-state index in [-0.39, 0.29) is 0 Å². The molecule has 4 heteroatoms. The Morgan fingerprint density at radius 1 is 1.47 bits per heavy atom. The van der Waals surface area contributed by atoms with Crippen molar-refractivity contribution in [2.75, 3.05) is 34.3 Å². The van der Waals surface area contributed by atoms with E-state index in [0.717, 1.165) is 16.8 Å². The van der Waals surface area contributed by atoms with Gasteiger partial charge in [-0.3, -0.25) is 4.90 Å². The number of rotatable bonds is 4. The van der Waals surface area contributed by atoms with Crippen LogP contribution in [0, 0.1) is 5.92 Å². The molecule has 1 heterocycles. The summed E-state index contributed by atoms with van der Waals surface area (Å²) in [5.41, 5.74) is 1.37. The predicted octanol–water partition coefficient (Wildman–Crippen LogP) is 3.06. The number of piperidine rings is 1. The molecule has 0 saturated carbocycles. The van der Waals surface area contributed by atoms with Gasteiger partial charge >= 0.3 is 0 Å². The molecule has 0 amide bonds. The molecule has 1 aliphatic rings. The van der Waals surface area contributed by atoms with Gasteiger partial charge in [0, 0.05) is 6.04 Å². The molecule has 1 fully saturated rings. The average Bonchev–Trinajstić information content (AvgIpc) is 2.39. The zero-order valence-corrected chi connectivity index (χ0v) is 13.5. The number of nitrogens with one attached hydrogen (secondary N) is 1. The summed E-state index contributed by atoms with van der Waals surface area (Å²) in [6.07, 6.45) is 2.58. The molecule has 1 saturated heterocycles. The van der Waals surface area contributed by atoms with Gasteiger partial charge in [-0.05, 0) is 79.6 Å². The van der Waals surface area contributed by atoms with E-state index in [2.05, 4.69) is 51.4 Å². The minimum absolute atomic E-state index is 0.489. The first-order chi connectivity index (χ1) is 9.17. The zero-order valence-electron chi connectivity index (χ0n) is 11.9. The van der Waals surface area contributed by atoms with E-state index in [4.69, 9.17) is 4.74 Å². The molecule has 2 rings (SSSR count). The van der Waals surface area contributed by atoms with Crippen LogP contribution in [0.4, 0.5) is 0 Å². The molecular weight excluding hydrogens is 304 g/mol. The molecule has 3 nitrogen and oxygen atoms in total. The van der Waals surface area contributed by atoms with Crippen molar-refractivity contribution in [3.8, 4) is 5.75 Å². The fourth-order valence-electron chi connectivity index (χ4n) is 3.13. The van der Waals surface area contributed by atoms with Gasteiger partial charge in [0.1, 0.15) is 5.75 Å². The van der Waals surface area contributed by atoms with Crippen LogP contribution in [0.5, 0.6) is 5.75 Å². The van der Waals surface area contributed by atoms with Gasteiger partial charge in [-0.1, -0.05) is 6.07 Å². The topological polar surface area (TPSA) is 24.5 Å². The highest BCUT2D eigenvalue weighted by Crippen LogP contribution is 2.37. The maximum absolute atomic E-state index is 5.32.